The summed E-state index contributed by atoms with van der Waals surface area (Å²) in [6.45, 7) is 10.1. The zero-order valence-electron chi connectivity index (χ0n) is 15.2. The number of benzene rings is 1. The van der Waals surface area contributed by atoms with Gasteiger partial charge in [0.2, 0.25) is 11.8 Å². The van der Waals surface area contributed by atoms with Crippen LogP contribution in [-0.4, -0.2) is 22.8 Å². The monoisotopic (exact) mass is 329 g/mol. The van der Waals surface area contributed by atoms with Crippen molar-refractivity contribution in [3.8, 4) is 0 Å². The van der Waals surface area contributed by atoms with Gasteiger partial charge in [0.15, 0.2) is 0 Å². The van der Waals surface area contributed by atoms with Gasteiger partial charge in [-0.05, 0) is 44.4 Å². The van der Waals surface area contributed by atoms with E-state index in [0.29, 0.717) is 6.54 Å². The Balaban J connectivity index is 2.12. The van der Waals surface area contributed by atoms with Crippen molar-refractivity contribution in [1.82, 2.24) is 15.6 Å². The Kier molecular flexibility index (Phi) is 5.65. The van der Waals surface area contributed by atoms with E-state index >= 15 is 0 Å². The molecule has 24 heavy (non-hydrogen) atoms. The van der Waals surface area contributed by atoms with Crippen LogP contribution in [0.3, 0.4) is 0 Å². The number of hydrogen-bond donors (Lipinski definition) is 3. The van der Waals surface area contributed by atoms with Crippen LogP contribution in [0.5, 0.6) is 0 Å². The van der Waals surface area contributed by atoms with Crippen molar-refractivity contribution in [2.75, 3.05) is 0 Å². The number of aromatic amines is 1. The highest BCUT2D eigenvalue weighted by molar-refractivity contribution is 5.88. The van der Waals surface area contributed by atoms with Crippen LogP contribution in [0.15, 0.2) is 12.1 Å². The molecule has 1 aromatic carbocycles. The number of aryl methyl sites for hydroxylation is 3. The zero-order valence-corrected chi connectivity index (χ0v) is 15.2. The van der Waals surface area contributed by atoms with Crippen LogP contribution in [0.4, 0.5) is 0 Å². The molecule has 0 saturated carbocycles. The highest BCUT2D eigenvalue weighted by atomic mass is 16.2. The number of rotatable bonds is 6. The Morgan fingerprint density at radius 3 is 2.58 bits per heavy atom. The fourth-order valence-electron chi connectivity index (χ4n) is 3.15. The van der Waals surface area contributed by atoms with Gasteiger partial charge in [-0.25, -0.2) is 0 Å². The first-order chi connectivity index (χ1) is 11.3. The largest absolute Gasteiger partial charge is 0.358 e. The second-order valence-electron chi connectivity index (χ2n) is 6.51. The standard InChI is InChI=1S/C19H27N3O2/c1-6-17-13(4)16-8-11(2)7-15(19(16)22-17)10-20-18(24)9-12(3)21-14(5)23/h7-8,12,22H,6,9-10H2,1-5H3,(H,20,24)(H,21,23). The molecule has 1 heterocycles. The molecule has 5 heteroatoms. The summed E-state index contributed by atoms with van der Waals surface area (Å²) in [5, 5.41) is 6.91. The minimum atomic E-state index is -0.167. The Labute approximate surface area is 143 Å². The lowest BCUT2D eigenvalue weighted by Gasteiger charge is -2.13. The van der Waals surface area contributed by atoms with Crippen molar-refractivity contribution in [3.05, 3.63) is 34.5 Å². The predicted octanol–water partition coefficient (Wildman–Crippen LogP) is 2.88. The van der Waals surface area contributed by atoms with Crippen LogP contribution < -0.4 is 10.6 Å². The first-order valence-corrected chi connectivity index (χ1v) is 8.46. The van der Waals surface area contributed by atoms with Crippen LogP contribution in [0.1, 0.15) is 49.6 Å². The molecule has 2 aromatic rings. The highest BCUT2D eigenvalue weighted by Gasteiger charge is 2.13. The van der Waals surface area contributed by atoms with Crippen LogP contribution >= 0.6 is 0 Å². The van der Waals surface area contributed by atoms with Gasteiger partial charge in [-0.1, -0.05) is 18.6 Å². The first-order valence-electron chi connectivity index (χ1n) is 8.46. The topological polar surface area (TPSA) is 74.0 Å². The SMILES string of the molecule is CCc1[nH]c2c(CNC(=O)CC(C)NC(C)=O)cc(C)cc2c1C. The number of H-pyrrole nitrogens is 1. The quantitative estimate of drug-likeness (QED) is 0.762. The first kappa shape index (κ1) is 18.0. The van der Waals surface area contributed by atoms with Crippen LogP contribution in [-0.2, 0) is 22.6 Å². The molecule has 0 radical (unpaired) electrons. The van der Waals surface area contributed by atoms with Crippen LogP contribution in [0.2, 0.25) is 0 Å². The van der Waals surface area contributed by atoms with Gasteiger partial charge in [-0.3, -0.25) is 9.59 Å². The molecule has 1 unspecified atom stereocenters. The van der Waals surface area contributed by atoms with Crippen LogP contribution in [0.25, 0.3) is 10.9 Å². The molecule has 0 aliphatic heterocycles. The van der Waals surface area contributed by atoms with Gasteiger partial charge in [0.1, 0.15) is 0 Å². The second kappa shape index (κ2) is 7.51. The number of fused-ring (bicyclic) bond motifs is 1. The number of carbonyl (C=O) groups excluding carboxylic acids is 2. The van der Waals surface area contributed by atoms with Crippen molar-refractivity contribution < 1.29 is 9.59 Å². The van der Waals surface area contributed by atoms with Crippen molar-refractivity contribution in [2.24, 2.45) is 0 Å². The van der Waals surface area contributed by atoms with Crippen molar-refractivity contribution >= 4 is 22.7 Å². The average molecular weight is 329 g/mol. The van der Waals surface area contributed by atoms with Crippen molar-refractivity contribution in [2.45, 2.75) is 60.0 Å². The maximum atomic E-state index is 12.1. The molecule has 2 rings (SSSR count). The number of carbonyl (C=O) groups is 2. The summed E-state index contributed by atoms with van der Waals surface area (Å²) in [5.74, 6) is -0.186. The molecule has 0 fully saturated rings. The molecule has 0 spiro atoms. The smallest absolute Gasteiger partial charge is 0.222 e. The Morgan fingerprint density at radius 2 is 1.96 bits per heavy atom. The highest BCUT2D eigenvalue weighted by Crippen LogP contribution is 2.26. The van der Waals surface area contributed by atoms with Crippen molar-refractivity contribution in [3.63, 3.8) is 0 Å². The van der Waals surface area contributed by atoms with Crippen molar-refractivity contribution in [1.29, 1.82) is 0 Å². The Hall–Kier alpha value is -2.30. The fourth-order valence-corrected chi connectivity index (χ4v) is 3.15. The van der Waals surface area contributed by atoms with Gasteiger partial charge in [0.25, 0.3) is 0 Å². The van der Waals surface area contributed by atoms with Gasteiger partial charge in [-0.15, -0.1) is 0 Å². The average Bonchev–Trinajstić information content (AvgIpc) is 2.80. The molecular formula is C19H27N3O2. The summed E-state index contributed by atoms with van der Waals surface area (Å²) in [6, 6.07) is 4.12. The number of amides is 2. The fraction of sp³-hybridized carbons (Fsp3) is 0.474. The molecule has 0 bridgehead atoms. The summed E-state index contributed by atoms with van der Waals surface area (Å²) in [6.07, 6.45) is 1.23. The lowest BCUT2D eigenvalue weighted by atomic mass is 10.0. The molecular weight excluding hydrogens is 302 g/mol. The lowest BCUT2D eigenvalue weighted by molar-refractivity contribution is -0.122. The maximum absolute atomic E-state index is 12.1. The summed E-state index contributed by atoms with van der Waals surface area (Å²) < 4.78 is 0. The third kappa shape index (κ3) is 4.16. The predicted molar refractivity (Wildman–Crippen MR) is 96.9 cm³/mol. The normalized spacial score (nSPS) is 12.2. The molecule has 3 N–H and O–H groups in total. The summed E-state index contributed by atoms with van der Waals surface area (Å²) >= 11 is 0. The summed E-state index contributed by atoms with van der Waals surface area (Å²) in [5.41, 5.74) is 5.90. The van der Waals surface area contributed by atoms with E-state index in [9.17, 15) is 9.59 Å². The van der Waals surface area contributed by atoms with E-state index < -0.39 is 0 Å². The van der Waals surface area contributed by atoms with E-state index in [1.165, 1.54) is 29.1 Å². The number of nitrogens with one attached hydrogen (secondary N) is 3. The van der Waals surface area contributed by atoms with Crippen LogP contribution in [0, 0.1) is 13.8 Å². The number of aromatic nitrogens is 1. The summed E-state index contributed by atoms with van der Waals surface area (Å²) in [7, 11) is 0. The van der Waals surface area contributed by atoms with Gasteiger partial charge in [0, 0.05) is 37.0 Å². The van der Waals surface area contributed by atoms with Gasteiger partial charge in [0.05, 0.1) is 5.52 Å². The molecule has 0 saturated heterocycles. The third-order valence-corrected chi connectivity index (χ3v) is 4.27. The van der Waals surface area contributed by atoms with Gasteiger partial charge >= 0.3 is 0 Å². The van der Waals surface area contributed by atoms with Gasteiger partial charge in [-0.2, -0.15) is 0 Å². The maximum Gasteiger partial charge on any atom is 0.222 e. The van der Waals surface area contributed by atoms with E-state index in [4.69, 9.17) is 0 Å². The Bertz CT molecular complexity index is 762. The van der Waals surface area contributed by atoms with E-state index in [1.54, 1.807) is 0 Å². The third-order valence-electron chi connectivity index (χ3n) is 4.27. The molecule has 2 amide bonds. The molecule has 5 nitrogen and oxygen atoms in total. The molecule has 1 atom stereocenters. The zero-order chi connectivity index (χ0) is 17.9. The molecule has 130 valence electrons. The van der Waals surface area contributed by atoms with E-state index in [-0.39, 0.29) is 24.3 Å². The second-order valence-corrected chi connectivity index (χ2v) is 6.51. The van der Waals surface area contributed by atoms with E-state index in [2.05, 4.69) is 48.5 Å². The molecule has 1 aromatic heterocycles. The number of hydrogen-bond acceptors (Lipinski definition) is 2. The van der Waals surface area contributed by atoms with E-state index in [0.717, 1.165) is 17.5 Å². The molecule has 0 aliphatic rings. The minimum absolute atomic E-state index is 0.0649. The summed E-state index contributed by atoms with van der Waals surface area (Å²) in [4.78, 5) is 26.6. The van der Waals surface area contributed by atoms with Gasteiger partial charge < -0.3 is 15.6 Å². The molecule has 0 aliphatic carbocycles. The Morgan fingerprint density at radius 1 is 1.25 bits per heavy atom. The lowest BCUT2D eigenvalue weighted by Crippen LogP contribution is -2.35. The van der Waals surface area contributed by atoms with E-state index in [1.807, 2.05) is 6.92 Å². The minimum Gasteiger partial charge on any atom is -0.358 e.